The maximum absolute atomic E-state index is 5.33. The van der Waals surface area contributed by atoms with Crippen LogP contribution in [-0.4, -0.2) is 12.6 Å². The van der Waals surface area contributed by atoms with E-state index in [1.54, 1.807) is 0 Å². The summed E-state index contributed by atoms with van der Waals surface area (Å²) < 4.78 is 0. The van der Waals surface area contributed by atoms with Crippen molar-refractivity contribution >= 4 is 0 Å². The standard InChI is InChI=1S/C10H19N/c1-4-7-9-11-10(6-3)8-5-2/h3,10-11H,4-5,7-9H2,1-2H3. The van der Waals surface area contributed by atoms with Gasteiger partial charge in [0.2, 0.25) is 0 Å². The van der Waals surface area contributed by atoms with E-state index in [1.807, 2.05) is 0 Å². The fourth-order valence-electron chi connectivity index (χ4n) is 0.986. The minimum atomic E-state index is 0.298. The van der Waals surface area contributed by atoms with E-state index in [9.17, 15) is 0 Å². The van der Waals surface area contributed by atoms with E-state index in [0.29, 0.717) is 6.04 Å². The lowest BCUT2D eigenvalue weighted by Crippen LogP contribution is -2.28. The van der Waals surface area contributed by atoms with Crippen LogP contribution in [0.15, 0.2) is 0 Å². The molecule has 0 bridgehead atoms. The largest absolute Gasteiger partial charge is 0.304 e. The van der Waals surface area contributed by atoms with Crippen molar-refractivity contribution in [3.05, 3.63) is 0 Å². The molecule has 0 aliphatic carbocycles. The van der Waals surface area contributed by atoms with Crippen LogP contribution >= 0.6 is 0 Å². The van der Waals surface area contributed by atoms with Crippen LogP contribution < -0.4 is 5.32 Å². The molecule has 0 rings (SSSR count). The highest BCUT2D eigenvalue weighted by molar-refractivity contribution is 4.98. The molecule has 1 heteroatoms. The molecule has 0 fully saturated rings. The average Bonchev–Trinajstić information content (AvgIpc) is 2.03. The Bertz CT molecular complexity index is 113. The summed E-state index contributed by atoms with van der Waals surface area (Å²) >= 11 is 0. The van der Waals surface area contributed by atoms with E-state index >= 15 is 0 Å². The molecule has 0 saturated carbocycles. The lowest BCUT2D eigenvalue weighted by atomic mass is 10.2. The molecule has 1 atom stereocenters. The Balaban J connectivity index is 3.30. The van der Waals surface area contributed by atoms with Gasteiger partial charge in [0.1, 0.15) is 0 Å². The molecule has 1 unspecified atom stereocenters. The molecule has 0 radical (unpaired) electrons. The summed E-state index contributed by atoms with van der Waals surface area (Å²) in [7, 11) is 0. The third-order valence-corrected chi connectivity index (χ3v) is 1.70. The Morgan fingerprint density at radius 3 is 2.55 bits per heavy atom. The lowest BCUT2D eigenvalue weighted by molar-refractivity contribution is 0.547. The molecule has 0 aliphatic rings. The fraction of sp³-hybridized carbons (Fsp3) is 0.800. The highest BCUT2D eigenvalue weighted by atomic mass is 14.9. The second-order valence-corrected chi connectivity index (χ2v) is 2.82. The van der Waals surface area contributed by atoms with Crippen molar-refractivity contribution < 1.29 is 0 Å². The van der Waals surface area contributed by atoms with Gasteiger partial charge in [-0.05, 0) is 19.4 Å². The van der Waals surface area contributed by atoms with Crippen LogP contribution in [0.2, 0.25) is 0 Å². The molecule has 0 aromatic carbocycles. The first-order chi connectivity index (χ1) is 5.35. The quantitative estimate of drug-likeness (QED) is 0.455. The number of nitrogens with one attached hydrogen (secondary N) is 1. The van der Waals surface area contributed by atoms with Crippen molar-refractivity contribution in [3.8, 4) is 12.3 Å². The Hall–Kier alpha value is -0.480. The maximum Gasteiger partial charge on any atom is 0.0686 e. The molecular formula is C10H19N. The number of terminal acetylenes is 1. The Labute approximate surface area is 70.6 Å². The van der Waals surface area contributed by atoms with Gasteiger partial charge in [0.05, 0.1) is 6.04 Å². The highest BCUT2D eigenvalue weighted by Crippen LogP contribution is 1.95. The summed E-state index contributed by atoms with van der Waals surface area (Å²) in [5, 5.41) is 3.34. The van der Waals surface area contributed by atoms with Crippen LogP contribution in [0.5, 0.6) is 0 Å². The highest BCUT2D eigenvalue weighted by Gasteiger charge is 1.99. The van der Waals surface area contributed by atoms with Crippen molar-refractivity contribution in [1.82, 2.24) is 5.32 Å². The normalized spacial score (nSPS) is 12.5. The van der Waals surface area contributed by atoms with E-state index in [1.165, 1.54) is 12.8 Å². The third kappa shape index (κ3) is 5.94. The van der Waals surface area contributed by atoms with E-state index in [0.717, 1.165) is 19.4 Å². The van der Waals surface area contributed by atoms with Crippen LogP contribution in [0.3, 0.4) is 0 Å². The summed E-state index contributed by atoms with van der Waals surface area (Å²) in [6.07, 6.45) is 10.0. The molecule has 1 nitrogen and oxygen atoms in total. The van der Waals surface area contributed by atoms with Gasteiger partial charge in [-0.15, -0.1) is 6.42 Å². The van der Waals surface area contributed by atoms with E-state index in [-0.39, 0.29) is 0 Å². The maximum atomic E-state index is 5.33. The number of hydrogen-bond acceptors (Lipinski definition) is 1. The fourth-order valence-corrected chi connectivity index (χ4v) is 0.986. The molecule has 0 saturated heterocycles. The van der Waals surface area contributed by atoms with Crippen molar-refractivity contribution in [2.24, 2.45) is 0 Å². The molecule has 11 heavy (non-hydrogen) atoms. The molecule has 0 aliphatic heterocycles. The van der Waals surface area contributed by atoms with Gasteiger partial charge in [-0.25, -0.2) is 0 Å². The Morgan fingerprint density at radius 1 is 1.36 bits per heavy atom. The van der Waals surface area contributed by atoms with Crippen LogP contribution in [0.1, 0.15) is 39.5 Å². The van der Waals surface area contributed by atoms with Crippen LogP contribution in [0.25, 0.3) is 0 Å². The van der Waals surface area contributed by atoms with Crippen molar-refractivity contribution in [2.75, 3.05) is 6.54 Å². The molecule has 0 amide bonds. The van der Waals surface area contributed by atoms with Gasteiger partial charge in [-0.3, -0.25) is 0 Å². The predicted molar refractivity (Wildman–Crippen MR) is 50.4 cm³/mol. The second kappa shape index (κ2) is 7.63. The minimum Gasteiger partial charge on any atom is -0.304 e. The zero-order valence-corrected chi connectivity index (χ0v) is 7.69. The topological polar surface area (TPSA) is 12.0 Å². The first kappa shape index (κ1) is 10.5. The number of unbranched alkanes of at least 4 members (excludes halogenated alkanes) is 1. The number of hydrogen-bond donors (Lipinski definition) is 1. The first-order valence-electron chi connectivity index (χ1n) is 4.54. The molecule has 64 valence electrons. The van der Waals surface area contributed by atoms with Crippen LogP contribution in [0.4, 0.5) is 0 Å². The van der Waals surface area contributed by atoms with Crippen LogP contribution in [0, 0.1) is 12.3 Å². The van der Waals surface area contributed by atoms with E-state index in [4.69, 9.17) is 6.42 Å². The molecular weight excluding hydrogens is 134 g/mol. The molecule has 0 aromatic heterocycles. The SMILES string of the molecule is C#CC(CCC)NCCCC. The van der Waals surface area contributed by atoms with Crippen molar-refractivity contribution in [1.29, 1.82) is 0 Å². The Kier molecular flexibility index (Phi) is 7.29. The molecule has 0 aromatic rings. The summed E-state index contributed by atoms with van der Waals surface area (Å²) in [5.41, 5.74) is 0. The monoisotopic (exact) mass is 153 g/mol. The zero-order valence-electron chi connectivity index (χ0n) is 7.69. The van der Waals surface area contributed by atoms with Gasteiger partial charge in [0.25, 0.3) is 0 Å². The zero-order chi connectivity index (χ0) is 8.53. The molecule has 0 spiro atoms. The van der Waals surface area contributed by atoms with Crippen molar-refractivity contribution in [2.45, 2.75) is 45.6 Å². The first-order valence-corrected chi connectivity index (χ1v) is 4.54. The van der Waals surface area contributed by atoms with Gasteiger partial charge in [0.15, 0.2) is 0 Å². The predicted octanol–water partition coefficient (Wildman–Crippen LogP) is 2.18. The van der Waals surface area contributed by atoms with Gasteiger partial charge >= 0.3 is 0 Å². The molecule has 0 heterocycles. The minimum absolute atomic E-state index is 0.298. The van der Waals surface area contributed by atoms with Crippen molar-refractivity contribution in [3.63, 3.8) is 0 Å². The second-order valence-electron chi connectivity index (χ2n) is 2.82. The average molecular weight is 153 g/mol. The van der Waals surface area contributed by atoms with Gasteiger partial charge in [-0.1, -0.05) is 32.6 Å². The summed E-state index contributed by atoms with van der Waals surface area (Å²) in [6, 6.07) is 0.298. The van der Waals surface area contributed by atoms with Gasteiger partial charge in [-0.2, -0.15) is 0 Å². The van der Waals surface area contributed by atoms with E-state index in [2.05, 4.69) is 25.1 Å². The summed E-state index contributed by atoms with van der Waals surface area (Å²) in [6.45, 7) is 5.41. The Morgan fingerprint density at radius 2 is 2.09 bits per heavy atom. The smallest absolute Gasteiger partial charge is 0.0686 e. The number of rotatable bonds is 6. The molecule has 1 N–H and O–H groups in total. The van der Waals surface area contributed by atoms with E-state index < -0.39 is 0 Å². The van der Waals surface area contributed by atoms with Gasteiger partial charge < -0.3 is 5.32 Å². The lowest BCUT2D eigenvalue weighted by Gasteiger charge is -2.10. The van der Waals surface area contributed by atoms with Gasteiger partial charge in [0, 0.05) is 0 Å². The summed E-state index contributed by atoms with van der Waals surface area (Å²) in [5.74, 6) is 2.75. The van der Waals surface area contributed by atoms with Crippen LogP contribution in [-0.2, 0) is 0 Å². The summed E-state index contributed by atoms with van der Waals surface area (Å²) in [4.78, 5) is 0. The third-order valence-electron chi connectivity index (χ3n) is 1.70.